The number of aliphatic hydroxyl groups excluding tert-OH is 1. The normalized spacial score (nSPS) is 12.8. The van der Waals surface area contributed by atoms with Crippen LogP contribution in [0.25, 0.3) is 0 Å². The molecule has 0 heterocycles. The molecule has 17 heavy (non-hydrogen) atoms. The van der Waals surface area contributed by atoms with Gasteiger partial charge in [0.1, 0.15) is 6.61 Å². The molecule has 1 atom stereocenters. The molecule has 0 aliphatic rings. The molecule has 0 saturated carbocycles. The molecule has 0 aliphatic carbocycles. The second kappa shape index (κ2) is 10.5. The van der Waals surface area contributed by atoms with E-state index in [-0.39, 0.29) is 25.3 Å². The topological polar surface area (TPSA) is 65.0 Å². The van der Waals surface area contributed by atoms with Gasteiger partial charge in [-0.25, -0.2) is 4.79 Å². The molecule has 102 valence electrons. The zero-order valence-corrected chi connectivity index (χ0v) is 11.0. The zero-order valence-electron chi connectivity index (χ0n) is 11.0. The highest BCUT2D eigenvalue weighted by Gasteiger charge is 2.10. The van der Waals surface area contributed by atoms with Crippen LogP contribution in [0.3, 0.4) is 0 Å². The summed E-state index contributed by atoms with van der Waals surface area (Å²) in [5.74, 6) is 0.158. The van der Waals surface area contributed by atoms with Crippen molar-refractivity contribution in [2.75, 3.05) is 33.0 Å². The van der Waals surface area contributed by atoms with E-state index in [1.165, 1.54) is 0 Å². The number of esters is 1. The first kappa shape index (κ1) is 16.4. The number of ether oxygens (including phenoxy) is 3. The van der Waals surface area contributed by atoms with Crippen molar-refractivity contribution in [3.8, 4) is 0 Å². The highest BCUT2D eigenvalue weighted by Crippen LogP contribution is 2.07. The van der Waals surface area contributed by atoms with Crippen LogP contribution in [0, 0.1) is 5.92 Å². The maximum atomic E-state index is 11.3. The number of hydrogen-bond acceptors (Lipinski definition) is 5. The van der Waals surface area contributed by atoms with Gasteiger partial charge in [-0.05, 0) is 19.3 Å². The first-order chi connectivity index (χ1) is 8.06. The molecule has 0 radical (unpaired) electrons. The van der Waals surface area contributed by atoms with Crippen LogP contribution in [0.4, 0.5) is 0 Å². The first-order valence-electron chi connectivity index (χ1n) is 6.02. The van der Waals surface area contributed by atoms with Crippen molar-refractivity contribution in [2.24, 2.45) is 5.92 Å². The second-order valence-corrected chi connectivity index (χ2v) is 4.32. The van der Waals surface area contributed by atoms with E-state index >= 15 is 0 Å². The molecule has 1 unspecified atom stereocenters. The predicted molar refractivity (Wildman–Crippen MR) is 63.7 cm³/mol. The summed E-state index contributed by atoms with van der Waals surface area (Å²) < 4.78 is 15.2. The van der Waals surface area contributed by atoms with Gasteiger partial charge in [-0.1, -0.05) is 13.8 Å². The smallest absolute Gasteiger partial charge is 0.332 e. The third kappa shape index (κ3) is 11.6. The zero-order chi connectivity index (χ0) is 13.1. The van der Waals surface area contributed by atoms with E-state index in [0.717, 1.165) is 6.42 Å². The molecule has 0 saturated heterocycles. The van der Waals surface area contributed by atoms with Crippen LogP contribution in [0.5, 0.6) is 0 Å². The molecule has 0 bridgehead atoms. The average molecular weight is 248 g/mol. The Kier molecular flexibility index (Phi) is 10.1. The lowest BCUT2D eigenvalue weighted by Crippen LogP contribution is -2.21. The van der Waals surface area contributed by atoms with Crippen molar-refractivity contribution < 1.29 is 24.1 Å². The van der Waals surface area contributed by atoms with Crippen molar-refractivity contribution in [1.29, 1.82) is 0 Å². The van der Waals surface area contributed by atoms with Gasteiger partial charge in [-0.15, -0.1) is 0 Å². The summed E-state index contributed by atoms with van der Waals surface area (Å²) >= 11 is 0. The fourth-order valence-electron chi connectivity index (χ4n) is 1.41. The van der Waals surface area contributed by atoms with E-state index in [1.54, 1.807) is 0 Å². The largest absolute Gasteiger partial charge is 0.461 e. The van der Waals surface area contributed by atoms with Crippen molar-refractivity contribution in [3.63, 3.8) is 0 Å². The quantitative estimate of drug-likeness (QED) is 0.461. The summed E-state index contributed by atoms with van der Waals surface area (Å²) in [6.45, 7) is 6.98. The SMILES string of the molecule is CC(C)CC(C)OC(=O)COCCOCCO. The van der Waals surface area contributed by atoms with Gasteiger partial charge in [-0.2, -0.15) is 0 Å². The van der Waals surface area contributed by atoms with Crippen LogP contribution in [0.15, 0.2) is 0 Å². The lowest BCUT2D eigenvalue weighted by atomic mass is 10.1. The fraction of sp³-hybridized carbons (Fsp3) is 0.917. The number of carbonyl (C=O) groups excluding carboxylic acids is 1. The highest BCUT2D eigenvalue weighted by atomic mass is 16.6. The lowest BCUT2D eigenvalue weighted by molar-refractivity contribution is -0.154. The molecular formula is C12H24O5. The van der Waals surface area contributed by atoms with E-state index < -0.39 is 0 Å². The summed E-state index contributed by atoms with van der Waals surface area (Å²) in [5.41, 5.74) is 0. The third-order valence-corrected chi connectivity index (χ3v) is 1.96. The molecule has 0 aromatic rings. The predicted octanol–water partition coefficient (Wildman–Crippen LogP) is 0.990. The molecule has 1 N–H and O–H groups in total. The van der Waals surface area contributed by atoms with Gasteiger partial charge in [0.05, 0.1) is 32.5 Å². The maximum absolute atomic E-state index is 11.3. The Balaban J connectivity index is 3.40. The van der Waals surface area contributed by atoms with Crippen LogP contribution < -0.4 is 0 Å². The molecule has 5 heteroatoms. The molecule has 0 aromatic carbocycles. The molecule has 0 aliphatic heterocycles. The van der Waals surface area contributed by atoms with Gasteiger partial charge in [0.25, 0.3) is 0 Å². The third-order valence-electron chi connectivity index (χ3n) is 1.96. The average Bonchev–Trinajstić information content (AvgIpc) is 2.21. The minimum atomic E-state index is -0.347. The Morgan fingerprint density at radius 2 is 1.76 bits per heavy atom. The summed E-state index contributed by atoms with van der Waals surface area (Å²) in [6.07, 6.45) is 0.780. The molecule has 5 nitrogen and oxygen atoms in total. The van der Waals surface area contributed by atoms with Gasteiger partial charge in [0.2, 0.25) is 0 Å². The Morgan fingerprint density at radius 3 is 2.35 bits per heavy atom. The molecule has 0 fully saturated rings. The lowest BCUT2D eigenvalue weighted by Gasteiger charge is -2.15. The van der Waals surface area contributed by atoms with E-state index in [2.05, 4.69) is 13.8 Å². The van der Waals surface area contributed by atoms with E-state index in [9.17, 15) is 4.79 Å². The molecular weight excluding hydrogens is 224 g/mol. The van der Waals surface area contributed by atoms with Crippen LogP contribution in [-0.2, 0) is 19.0 Å². The van der Waals surface area contributed by atoms with Crippen LogP contribution in [-0.4, -0.2) is 50.2 Å². The molecule has 0 rings (SSSR count). The number of aliphatic hydroxyl groups is 1. The fourth-order valence-corrected chi connectivity index (χ4v) is 1.41. The van der Waals surface area contributed by atoms with E-state index in [1.807, 2.05) is 6.92 Å². The van der Waals surface area contributed by atoms with Crippen LogP contribution in [0.1, 0.15) is 27.2 Å². The van der Waals surface area contributed by atoms with Crippen molar-refractivity contribution in [3.05, 3.63) is 0 Å². The Labute approximate surface area is 103 Å². The number of rotatable bonds is 10. The maximum Gasteiger partial charge on any atom is 0.332 e. The molecule has 0 aromatic heterocycles. The van der Waals surface area contributed by atoms with Crippen LogP contribution >= 0.6 is 0 Å². The Hall–Kier alpha value is -0.650. The van der Waals surface area contributed by atoms with E-state index in [4.69, 9.17) is 19.3 Å². The molecule has 0 amide bonds. The Morgan fingerprint density at radius 1 is 1.12 bits per heavy atom. The van der Waals surface area contributed by atoms with Gasteiger partial charge in [-0.3, -0.25) is 0 Å². The number of carbonyl (C=O) groups is 1. The van der Waals surface area contributed by atoms with Gasteiger partial charge in [0.15, 0.2) is 0 Å². The monoisotopic (exact) mass is 248 g/mol. The Bertz CT molecular complexity index is 193. The summed E-state index contributed by atoms with van der Waals surface area (Å²) in [6, 6.07) is 0. The number of hydrogen-bond donors (Lipinski definition) is 1. The van der Waals surface area contributed by atoms with Crippen molar-refractivity contribution in [2.45, 2.75) is 33.3 Å². The van der Waals surface area contributed by atoms with E-state index in [0.29, 0.717) is 25.7 Å². The summed E-state index contributed by atoms with van der Waals surface area (Å²) in [7, 11) is 0. The van der Waals surface area contributed by atoms with Crippen molar-refractivity contribution >= 4 is 5.97 Å². The van der Waals surface area contributed by atoms with Gasteiger partial charge < -0.3 is 19.3 Å². The van der Waals surface area contributed by atoms with Crippen LogP contribution in [0.2, 0.25) is 0 Å². The standard InChI is InChI=1S/C12H24O5/c1-10(2)8-11(3)17-12(14)9-16-7-6-15-5-4-13/h10-11,13H,4-9H2,1-3H3. The second-order valence-electron chi connectivity index (χ2n) is 4.32. The minimum Gasteiger partial charge on any atom is -0.461 e. The molecule has 0 spiro atoms. The van der Waals surface area contributed by atoms with Gasteiger partial charge in [0, 0.05) is 0 Å². The first-order valence-corrected chi connectivity index (χ1v) is 6.02. The highest BCUT2D eigenvalue weighted by molar-refractivity contribution is 5.70. The minimum absolute atomic E-state index is 0.00520. The van der Waals surface area contributed by atoms with Gasteiger partial charge >= 0.3 is 5.97 Å². The van der Waals surface area contributed by atoms with Crippen molar-refractivity contribution in [1.82, 2.24) is 0 Å². The summed E-state index contributed by atoms with van der Waals surface area (Å²) in [5, 5.41) is 8.44. The summed E-state index contributed by atoms with van der Waals surface area (Å²) in [4.78, 5) is 11.3.